The van der Waals surface area contributed by atoms with Crippen molar-refractivity contribution in [3.63, 3.8) is 0 Å². The van der Waals surface area contributed by atoms with E-state index in [-0.39, 0.29) is 5.41 Å². The lowest BCUT2D eigenvalue weighted by atomic mass is 9.64. The minimum absolute atomic E-state index is 0.00842. The molecule has 0 atom stereocenters. The standard InChI is InChI=1S/C17H36O/c1-7-9-11-13-17(18,14-12-10-8-2)16(5,6)15(3)4/h15,18H,7-14H2,1-6H3. The minimum Gasteiger partial charge on any atom is -0.389 e. The van der Waals surface area contributed by atoms with Crippen LogP contribution >= 0.6 is 0 Å². The molecule has 1 N–H and O–H groups in total. The van der Waals surface area contributed by atoms with E-state index in [2.05, 4.69) is 41.5 Å². The Labute approximate surface area is 115 Å². The fourth-order valence-electron chi connectivity index (χ4n) is 2.64. The highest BCUT2D eigenvalue weighted by molar-refractivity contribution is 4.94. The fraction of sp³-hybridized carbons (Fsp3) is 1.00. The first-order chi connectivity index (χ1) is 8.31. The third kappa shape index (κ3) is 4.91. The summed E-state index contributed by atoms with van der Waals surface area (Å²) in [5.41, 5.74) is -0.472. The minimum atomic E-state index is -0.481. The molecule has 1 nitrogen and oxygen atoms in total. The quantitative estimate of drug-likeness (QED) is 0.507. The Morgan fingerprint density at radius 3 is 1.50 bits per heavy atom. The molecule has 0 aromatic heterocycles. The van der Waals surface area contributed by atoms with Gasteiger partial charge in [0.2, 0.25) is 0 Å². The van der Waals surface area contributed by atoms with Crippen LogP contribution in [0.4, 0.5) is 0 Å². The van der Waals surface area contributed by atoms with Gasteiger partial charge in [0.1, 0.15) is 0 Å². The smallest absolute Gasteiger partial charge is 0.0700 e. The molecule has 110 valence electrons. The molecule has 0 saturated heterocycles. The summed E-state index contributed by atoms with van der Waals surface area (Å²) in [4.78, 5) is 0. The van der Waals surface area contributed by atoms with Crippen molar-refractivity contribution >= 4 is 0 Å². The molecule has 0 saturated carbocycles. The summed E-state index contributed by atoms with van der Waals surface area (Å²) in [6.07, 6.45) is 9.20. The van der Waals surface area contributed by atoms with E-state index in [0.717, 1.165) is 25.7 Å². The summed E-state index contributed by atoms with van der Waals surface area (Å²) in [5, 5.41) is 11.2. The molecule has 0 bridgehead atoms. The number of rotatable bonds is 10. The maximum absolute atomic E-state index is 11.2. The Hall–Kier alpha value is -0.0400. The second-order valence-electron chi connectivity index (χ2n) is 6.82. The summed E-state index contributed by atoms with van der Waals surface area (Å²) in [6, 6.07) is 0. The molecular weight excluding hydrogens is 220 g/mol. The molecule has 0 spiro atoms. The van der Waals surface area contributed by atoms with Crippen LogP contribution in [0.5, 0.6) is 0 Å². The maximum atomic E-state index is 11.2. The zero-order valence-electron chi connectivity index (χ0n) is 13.7. The van der Waals surface area contributed by atoms with Crippen LogP contribution in [0.3, 0.4) is 0 Å². The third-order valence-electron chi connectivity index (χ3n) is 5.03. The van der Waals surface area contributed by atoms with E-state index < -0.39 is 5.60 Å². The molecule has 0 amide bonds. The van der Waals surface area contributed by atoms with Crippen molar-refractivity contribution in [2.45, 2.75) is 98.5 Å². The molecule has 0 unspecified atom stereocenters. The predicted molar refractivity (Wildman–Crippen MR) is 81.9 cm³/mol. The van der Waals surface area contributed by atoms with Gasteiger partial charge in [-0.3, -0.25) is 0 Å². The van der Waals surface area contributed by atoms with Gasteiger partial charge < -0.3 is 5.11 Å². The topological polar surface area (TPSA) is 20.2 Å². The van der Waals surface area contributed by atoms with E-state index in [9.17, 15) is 5.11 Å². The van der Waals surface area contributed by atoms with Gasteiger partial charge >= 0.3 is 0 Å². The molecule has 0 aliphatic heterocycles. The molecule has 0 aliphatic rings. The second-order valence-corrected chi connectivity index (χ2v) is 6.82. The SMILES string of the molecule is CCCCCC(O)(CCCCC)C(C)(C)C(C)C. The van der Waals surface area contributed by atoms with Gasteiger partial charge in [0.05, 0.1) is 5.60 Å². The summed E-state index contributed by atoms with van der Waals surface area (Å²) in [6.45, 7) is 13.4. The average molecular weight is 256 g/mol. The van der Waals surface area contributed by atoms with Gasteiger partial charge in [0.15, 0.2) is 0 Å². The van der Waals surface area contributed by atoms with Crippen LogP contribution in [0.1, 0.15) is 92.9 Å². The van der Waals surface area contributed by atoms with Gasteiger partial charge in [-0.1, -0.05) is 80.1 Å². The normalized spacial score (nSPS) is 13.3. The number of unbranched alkanes of at least 4 members (excludes halogenated alkanes) is 4. The molecule has 0 fully saturated rings. The van der Waals surface area contributed by atoms with Crippen LogP contribution in [0.15, 0.2) is 0 Å². The first-order valence-electron chi connectivity index (χ1n) is 8.04. The van der Waals surface area contributed by atoms with Crippen molar-refractivity contribution in [2.75, 3.05) is 0 Å². The molecule has 0 aromatic rings. The van der Waals surface area contributed by atoms with Crippen LogP contribution in [0.2, 0.25) is 0 Å². The van der Waals surface area contributed by atoms with E-state index in [0.29, 0.717) is 5.92 Å². The average Bonchev–Trinajstić information content (AvgIpc) is 2.29. The zero-order valence-corrected chi connectivity index (χ0v) is 13.7. The molecule has 1 heteroatoms. The number of hydrogen-bond donors (Lipinski definition) is 1. The van der Waals surface area contributed by atoms with Crippen molar-refractivity contribution in [3.8, 4) is 0 Å². The molecular formula is C17H36O. The predicted octanol–water partition coefficient (Wildman–Crippen LogP) is 5.56. The van der Waals surface area contributed by atoms with E-state index in [1.54, 1.807) is 0 Å². The Kier molecular flexibility index (Phi) is 8.18. The maximum Gasteiger partial charge on any atom is 0.0700 e. The van der Waals surface area contributed by atoms with Crippen molar-refractivity contribution < 1.29 is 5.11 Å². The molecule has 0 aromatic carbocycles. The lowest BCUT2D eigenvalue weighted by Crippen LogP contribution is -2.47. The summed E-state index contributed by atoms with van der Waals surface area (Å²) in [7, 11) is 0. The lowest BCUT2D eigenvalue weighted by Gasteiger charge is -2.46. The van der Waals surface area contributed by atoms with Crippen LogP contribution in [-0.4, -0.2) is 10.7 Å². The van der Waals surface area contributed by atoms with Crippen LogP contribution in [0.25, 0.3) is 0 Å². The van der Waals surface area contributed by atoms with Crippen LogP contribution in [-0.2, 0) is 0 Å². The molecule has 0 aliphatic carbocycles. The Bertz CT molecular complexity index is 196. The van der Waals surface area contributed by atoms with Gasteiger partial charge in [0.25, 0.3) is 0 Å². The van der Waals surface area contributed by atoms with Crippen molar-refractivity contribution in [1.29, 1.82) is 0 Å². The third-order valence-corrected chi connectivity index (χ3v) is 5.03. The summed E-state index contributed by atoms with van der Waals surface area (Å²) >= 11 is 0. The van der Waals surface area contributed by atoms with Crippen LogP contribution in [0, 0.1) is 11.3 Å². The first-order valence-corrected chi connectivity index (χ1v) is 8.04. The summed E-state index contributed by atoms with van der Waals surface area (Å²) in [5.74, 6) is 0.519. The Morgan fingerprint density at radius 1 is 0.833 bits per heavy atom. The van der Waals surface area contributed by atoms with Gasteiger partial charge in [-0.05, 0) is 24.2 Å². The van der Waals surface area contributed by atoms with Gasteiger partial charge in [-0.2, -0.15) is 0 Å². The van der Waals surface area contributed by atoms with Crippen molar-refractivity contribution in [2.24, 2.45) is 11.3 Å². The Morgan fingerprint density at radius 2 is 1.22 bits per heavy atom. The molecule has 0 rings (SSSR count). The van der Waals surface area contributed by atoms with Crippen LogP contribution < -0.4 is 0 Å². The lowest BCUT2D eigenvalue weighted by molar-refractivity contribution is -0.105. The molecule has 0 radical (unpaired) electrons. The number of hydrogen-bond acceptors (Lipinski definition) is 1. The first kappa shape index (κ1) is 18.0. The molecule has 18 heavy (non-hydrogen) atoms. The van der Waals surface area contributed by atoms with Crippen molar-refractivity contribution in [1.82, 2.24) is 0 Å². The van der Waals surface area contributed by atoms with Crippen molar-refractivity contribution in [3.05, 3.63) is 0 Å². The van der Waals surface area contributed by atoms with Gasteiger partial charge in [-0.15, -0.1) is 0 Å². The van der Waals surface area contributed by atoms with Gasteiger partial charge in [-0.25, -0.2) is 0 Å². The Balaban J connectivity index is 4.67. The largest absolute Gasteiger partial charge is 0.389 e. The fourth-order valence-corrected chi connectivity index (χ4v) is 2.64. The zero-order chi connectivity index (χ0) is 14.2. The monoisotopic (exact) mass is 256 g/mol. The highest BCUT2D eigenvalue weighted by atomic mass is 16.3. The molecule has 0 heterocycles. The highest BCUT2D eigenvalue weighted by Crippen LogP contribution is 2.44. The highest BCUT2D eigenvalue weighted by Gasteiger charge is 2.43. The van der Waals surface area contributed by atoms with E-state index in [1.807, 2.05) is 0 Å². The van der Waals surface area contributed by atoms with E-state index in [1.165, 1.54) is 25.7 Å². The second kappa shape index (κ2) is 8.19. The van der Waals surface area contributed by atoms with E-state index in [4.69, 9.17) is 0 Å². The summed E-state index contributed by atoms with van der Waals surface area (Å²) < 4.78 is 0. The number of aliphatic hydroxyl groups is 1. The van der Waals surface area contributed by atoms with E-state index >= 15 is 0 Å². The van der Waals surface area contributed by atoms with Gasteiger partial charge in [0, 0.05) is 0 Å².